The number of ether oxygens (including phenoxy) is 1. The molecule has 34 heavy (non-hydrogen) atoms. The van der Waals surface area contributed by atoms with Crippen molar-refractivity contribution in [2.75, 3.05) is 25.1 Å². The molecule has 3 heterocycles. The highest BCUT2D eigenvalue weighted by Gasteiger charge is 2.26. The van der Waals surface area contributed by atoms with E-state index in [4.69, 9.17) is 4.74 Å². The number of aromatic hydroxyl groups is 1. The second-order valence-electron chi connectivity index (χ2n) is 8.72. The monoisotopic (exact) mass is 465 g/mol. The Bertz CT molecular complexity index is 1450. The first-order chi connectivity index (χ1) is 16.4. The lowest BCUT2D eigenvalue weighted by molar-refractivity contribution is 0.381. The molecule has 8 nitrogen and oxygen atoms in total. The molecule has 2 aromatic heterocycles. The average molecular weight is 466 g/mol. The summed E-state index contributed by atoms with van der Waals surface area (Å²) in [6.45, 7) is 3.46. The minimum Gasteiger partial charge on any atom is -0.508 e. The quantitative estimate of drug-likeness (QED) is 0.489. The summed E-state index contributed by atoms with van der Waals surface area (Å²) in [5, 5.41) is 12.1. The molecule has 1 saturated heterocycles. The fraction of sp³-hybridized carbons (Fsp3) is 0.400. The van der Waals surface area contributed by atoms with Gasteiger partial charge in [-0.1, -0.05) is 25.8 Å². The number of aromatic nitrogens is 4. The molecular weight excluding hydrogens is 437 g/mol. The highest BCUT2D eigenvalue weighted by atomic mass is 19.1. The van der Waals surface area contributed by atoms with E-state index >= 15 is 0 Å². The van der Waals surface area contributed by atoms with E-state index in [1.807, 2.05) is 6.92 Å². The highest BCUT2D eigenvalue weighted by Crippen LogP contribution is 2.33. The van der Waals surface area contributed by atoms with Crippen molar-refractivity contribution in [3.8, 4) is 17.4 Å². The average Bonchev–Trinajstić information content (AvgIpc) is 3.00. The number of nitrogens with zero attached hydrogens (tertiary/aromatic N) is 5. The normalized spacial score (nSPS) is 14.6. The SMILES string of the molecule is CCc1c(F)ccc2cc(O)cc(-n3c(=O)c4c(N5CCCCCC5)nc(OC)nc4n3C)c12. The molecule has 1 fully saturated rings. The topological polar surface area (TPSA) is 85.4 Å². The van der Waals surface area contributed by atoms with Crippen LogP contribution < -0.4 is 15.2 Å². The lowest BCUT2D eigenvalue weighted by atomic mass is 10.00. The number of aryl methyl sites for hydroxylation is 2. The van der Waals surface area contributed by atoms with Crippen LogP contribution in [0.15, 0.2) is 29.1 Å². The number of methoxy groups -OCH3 is 1. The zero-order valence-corrected chi connectivity index (χ0v) is 19.6. The van der Waals surface area contributed by atoms with E-state index in [1.165, 1.54) is 23.9 Å². The van der Waals surface area contributed by atoms with Crippen molar-refractivity contribution < 1.29 is 14.2 Å². The molecule has 9 heteroatoms. The minimum atomic E-state index is -0.347. The van der Waals surface area contributed by atoms with Crippen LogP contribution in [0.25, 0.3) is 27.5 Å². The van der Waals surface area contributed by atoms with Crippen LogP contribution in [0.5, 0.6) is 11.8 Å². The van der Waals surface area contributed by atoms with Gasteiger partial charge in [0.15, 0.2) is 11.5 Å². The third-order valence-electron chi connectivity index (χ3n) is 6.67. The van der Waals surface area contributed by atoms with E-state index in [2.05, 4.69) is 14.9 Å². The molecule has 0 radical (unpaired) electrons. The van der Waals surface area contributed by atoms with Crippen LogP contribution in [0.1, 0.15) is 38.2 Å². The molecule has 2 aromatic carbocycles. The number of fused-ring (bicyclic) bond motifs is 2. The van der Waals surface area contributed by atoms with E-state index < -0.39 is 0 Å². The molecule has 1 aliphatic rings. The van der Waals surface area contributed by atoms with Crippen molar-refractivity contribution in [1.29, 1.82) is 0 Å². The van der Waals surface area contributed by atoms with Crippen LogP contribution in [0.4, 0.5) is 10.2 Å². The van der Waals surface area contributed by atoms with Gasteiger partial charge in [-0.3, -0.25) is 9.48 Å². The summed E-state index contributed by atoms with van der Waals surface area (Å²) in [6, 6.07) is 6.27. The van der Waals surface area contributed by atoms with Crippen LogP contribution >= 0.6 is 0 Å². The standard InChI is InChI=1S/C25H28FN5O3/c1-4-17-18(26)10-9-15-13-16(32)14-19(20(15)17)31-24(33)21-22(29(31)2)27-25(34-3)28-23(21)30-11-7-5-6-8-12-30/h9-10,13-14,32H,4-8,11-12H2,1-3H3. The molecule has 0 saturated carbocycles. The lowest BCUT2D eigenvalue weighted by Gasteiger charge is -2.21. The van der Waals surface area contributed by atoms with Gasteiger partial charge in [0.1, 0.15) is 17.0 Å². The fourth-order valence-corrected chi connectivity index (χ4v) is 5.04. The Morgan fingerprint density at radius 2 is 1.82 bits per heavy atom. The smallest absolute Gasteiger partial charge is 0.320 e. The van der Waals surface area contributed by atoms with E-state index in [9.17, 15) is 14.3 Å². The maximum absolute atomic E-state index is 14.8. The maximum Gasteiger partial charge on any atom is 0.320 e. The summed E-state index contributed by atoms with van der Waals surface area (Å²) in [5.74, 6) is 0.194. The summed E-state index contributed by atoms with van der Waals surface area (Å²) in [4.78, 5) is 25.2. The number of halogens is 1. The molecule has 5 rings (SSSR count). The number of benzene rings is 2. The maximum atomic E-state index is 14.8. The summed E-state index contributed by atoms with van der Waals surface area (Å²) in [6.07, 6.45) is 4.76. The van der Waals surface area contributed by atoms with E-state index in [0.29, 0.717) is 45.3 Å². The number of anilines is 1. The van der Waals surface area contributed by atoms with Crippen molar-refractivity contribution in [3.05, 3.63) is 46.0 Å². The first-order valence-corrected chi connectivity index (χ1v) is 11.7. The van der Waals surface area contributed by atoms with E-state index in [1.54, 1.807) is 23.9 Å². The molecule has 0 unspecified atom stereocenters. The van der Waals surface area contributed by atoms with Crippen LogP contribution in [-0.2, 0) is 13.5 Å². The number of phenols is 1. The summed E-state index contributed by atoms with van der Waals surface area (Å²) in [5.41, 5.74) is 0.985. The molecule has 0 aliphatic carbocycles. The van der Waals surface area contributed by atoms with Gasteiger partial charge in [0.05, 0.1) is 12.8 Å². The molecule has 1 N–H and O–H groups in total. The third kappa shape index (κ3) is 3.46. The van der Waals surface area contributed by atoms with Gasteiger partial charge in [0.25, 0.3) is 5.56 Å². The number of phenolic OH excluding ortho intramolecular Hbond substituents is 1. The summed E-state index contributed by atoms with van der Waals surface area (Å²) >= 11 is 0. The van der Waals surface area contributed by atoms with Gasteiger partial charge in [-0.15, -0.1) is 0 Å². The van der Waals surface area contributed by atoms with Gasteiger partial charge in [-0.25, -0.2) is 9.07 Å². The fourth-order valence-electron chi connectivity index (χ4n) is 5.04. The zero-order valence-electron chi connectivity index (χ0n) is 19.6. The molecule has 4 aromatic rings. The van der Waals surface area contributed by atoms with E-state index in [-0.39, 0.29) is 23.1 Å². The van der Waals surface area contributed by atoms with Gasteiger partial charge in [0.2, 0.25) is 0 Å². The lowest BCUT2D eigenvalue weighted by Crippen LogP contribution is -2.27. The molecular formula is C25H28FN5O3. The molecule has 0 spiro atoms. The third-order valence-corrected chi connectivity index (χ3v) is 6.67. The molecule has 0 amide bonds. The second kappa shape index (κ2) is 8.62. The van der Waals surface area contributed by atoms with Crippen molar-refractivity contribution in [1.82, 2.24) is 19.3 Å². The molecule has 1 aliphatic heterocycles. The second-order valence-corrected chi connectivity index (χ2v) is 8.72. The van der Waals surface area contributed by atoms with Gasteiger partial charge < -0.3 is 14.7 Å². The molecule has 178 valence electrons. The minimum absolute atomic E-state index is 0.00952. The first kappa shape index (κ1) is 22.2. The van der Waals surface area contributed by atoms with Crippen molar-refractivity contribution in [2.45, 2.75) is 39.0 Å². The Kier molecular flexibility index (Phi) is 5.63. The predicted molar refractivity (Wildman–Crippen MR) is 130 cm³/mol. The van der Waals surface area contributed by atoms with Gasteiger partial charge in [-0.05, 0) is 42.3 Å². The Morgan fingerprint density at radius 1 is 1.09 bits per heavy atom. The van der Waals surface area contributed by atoms with Crippen molar-refractivity contribution >= 4 is 27.6 Å². The van der Waals surface area contributed by atoms with Crippen LogP contribution in [-0.4, -0.2) is 44.6 Å². The Hall–Kier alpha value is -3.62. The van der Waals surface area contributed by atoms with Crippen LogP contribution in [0, 0.1) is 5.82 Å². The Balaban J connectivity index is 1.87. The van der Waals surface area contributed by atoms with Crippen LogP contribution in [0.3, 0.4) is 0 Å². The zero-order chi connectivity index (χ0) is 24.0. The number of hydrogen-bond acceptors (Lipinski definition) is 6. The molecule has 0 bridgehead atoms. The van der Waals surface area contributed by atoms with Gasteiger partial charge >= 0.3 is 6.01 Å². The Morgan fingerprint density at radius 3 is 2.50 bits per heavy atom. The summed E-state index contributed by atoms with van der Waals surface area (Å²) in [7, 11) is 3.23. The van der Waals surface area contributed by atoms with Crippen molar-refractivity contribution in [2.24, 2.45) is 7.05 Å². The number of hydrogen-bond donors (Lipinski definition) is 1. The largest absolute Gasteiger partial charge is 0.508 e. The predicted octanol–water partition coefficient (Wildman–Crippen LogP) is 4.07. The van der Waals surface area contributed by atoms with Gasteiger partial charge in [-0.2, -0.15) is 9.97 Å². The van der Waals surface area contributed by atoms with E-state index in [0.717, 1.165) is 38.8 Å². The first-order valence-electron chi connectivity index (χ1n) is 11.7. The highest BCUT2D eigenvalue weighted by molar-refractivity contribution is 5.96. The number of rotatable bonds is 4. The molecule has 0 atom stereocenters. The Labute approximate surface area is 196 Å². The van der Waals surface area contributed by atoms with Gasteiger partial charge in [0, 0.05) is 31.6 Å². The van der Waals surface area contributed by atoms with Crippen molar-refractivity contribution in [3.63, 3.8) is 0 Å². The summed E-state index contributed by atoms with van der Waals surface area (Å²) < 4.78 is 23.2. The van der Waals surface area contributed by atoms with Crippen LogP contribution in [0.2, 0.25) is 0 Å².